The van der Waals surface area contributed by atoms with Crippen LogP contribution in [0.25, 0.3) is 0 Å². The lowest BCUT2D eigenvalue weighted by atomic mass is 10.1. The van der Waals surface area contributed by atoms with Crippen LogP contribution in [0.1, 0.15) is 30.7 Å². The number of piperazine rings is 1. The molecule has 0 bridgehead atoms. The third-order valence-corrected chi connectivity index (χ3v) is 4.76. The highest BCUT2D eigenvalue weighted by Gasteiger charge is 2.32. The number of hydrogen-bond acceptors (Lipinski definition) is 5. The summed E-state index contributed by atoms with van der Waals surface area (Å²) in [6, 6.07) is 0.209. The highest BCUT2D eigenvalue weighted by Crippen LogP contribution is 2.27. The third kappa shape index (κ3) is 3.06. The molecule has 1 aliphatic carbocycles. The van der Waals surface area contributed by atoms with Gasteiger partial charge in [0.15, 0.2) is 0 Å². The molecule has 2 N–H and O–H groups in total. The Balaban J connectivity index is 1.60. The summed E-state index contributed by atoms with van der Waals surface area (Å²) in [5.41, 5.74) is 7.81. The normalized spacial score (nSPS) is 25.6. The minimum Gasteiger partial charge on any atom is -0.352 e. The Bertz CT molecular complexity index is 553. The van der Waals surface area contributed by atoms with Crippen LogP contribution in [0.3, 0.4) is 0 Å². The predicted molar refractivity (Wildman–Crippen MR) is 85.6 cm³/mol. The number of nitrogens with zero attached hydrogens (tertiary/aromatic N) is 4. The number of hydrogen-bond donors (Lipinski definition) is 1. The monoisotopic (exact) mass is 303 g/mol. The minimum atomic E-state index is 0.141. The van der Waals surface area contributed by atoms with Gasteiger partial charge in [-0.05, 0) is 33.1 Å². The van der Waals surface area contributed by atoms with E-state index in [1.165, 1.54) is 0 Å². The minimum absolute atomic E-state index is 0.141. The highest BCUT2D eigenvalue weighted by molar-refractivity contribution is 5.79. The maximum atomic E-state index is 12.5. The van der Waals surface area contributed by atoms with E-state index >= 15 is 0 Å². The standard InChI is InChI=1S/C16H25N5O/c1-11-10-18-12(2)15(19-11)20-5-7-21(8-6-20)16(22)13-3-4-14(17)9-13/h10,13-14H,3-9,17H2,1-2H3/t13-,14+/m1/s1. The zero-order valence-electron chi connectivity index (χ0n) is 13.5. The third-order valence-electron chi connectivity index (χ3n) is 4.76. The van der Waals surface area contributed by atoms with E-state index in [9.17, 15) is 4.79 Å². The smallest absolute Gasteiger partial charge is 0.225 e. The number of nitrogens with two attached hydrogens (primary N) is 1. The molecule has 1 amide bonds. The van der Waals surface area contributed by atoms with Crippen molar-refractivity contribution in [2.75, 3.05) is 31.1 Å². The van der Waals surface area contributed by atoms with E-state index in [0.29, 0.717) is 5.91 Å². The van der Waals surface area contributed by atoms with E-state index in [1.54, 1.807) is 6.20 Å². The predicted octanol–water partition coefficient (Wildman–Crippen LogP) is 0.869. The van der Waals surface area contributed by atoms with Gasteiger partial charge in [0, 0.05) is 44.3 Å². The Morgan fingerprint density at radius 1 is 1.23 bits per heavy atom. The first-order valence-electron chi connectivity index (χ1n) is 8.14. The molecule has 0 unspecified atom stereocenters. The molecule has 6 heteroatoms. The van der Waals surface area contributed by atoms with E-state index in [0.717, 1.165) is 62.6 Å². The first-order chi connectivity index (χ1) is 10.5. The molecule has 0 spiro atoms. The molecule has 1 saturated carbocycles. The maximum absolute atomic E-state index is 12.5. The molecule has 2 fully saturated rings. The molecule has 1 aliphatic heterocycles. The van der Waals surface area contributed by atoms with Gasteiger partial charge in [0.05, 0.1) is 11.4 Å². The lowest BCUT2D eigenvalue weighted by Crippen LogP contribution is -2.50. The van der Waals surface area contributed by atoms with E-state index in [1.807, 2.05) is 18.7 Å². The summed E-state index contributed by atoms with van der Waals surface area (Å²) in [4.78, 5) is 25.7. The van der Waals surface area contributed by atoms with Gasteiger partial charge in [0.25, 0.3) is 0 Å². The number of aryl methyl sites for hydroxylation is 2. The second-order valence-electron chi connectivity index (χ2n) is 6.50. The molecule has 6 nitrogen and oxygen atoms in total. The van der Waals surface area contributed by atoms with Gasteiger partial charge in [0.1, 0.15) is 5.82 Å². The second kappa shape index (κ2) is 6.20. The van der Waals surface area contributed by atoms with Crippen LogP contribution in [0.4, 0.5) is 5.82 Å². The molecule has 2 aliphatic rings. The van der Waals surface area contributed by atoms with Gasteiger partial charge in [-0.15, -0.1) is 0 Å². The molecular formula is C16H25N5O. The Morgan fingerprint density at radius 3 is 2.59 bits per heavy atom. The summed E-state index contributed by atoms with van der Waals surface area (Å²) in [6.07, 6.45) is 4.57. The SMILES string of the molecule is Cc1cnc(C)c(N2CCN(C(=O)[C@@H]3CC[C@H](N)C3)CC2)n1. The first kappa shape index (κ1) is 15.2. The number of anilines is 1. The van der Waals surface area contributed by atoms with Crippen LogP contribution in [-0.2, 0) is 4.79 Å². The van der Waals surface area contributed by atoms with E-state index in [4.69, 9.17) is 5.73 Å². The molecular weight excluding hydrogens is 278 g/mol. The van der Waals surface area contributed by atoms with Crippen molar-refractivity contribution < 1.29 is 4.79 Å². The van der Waals surface area contributed by atoms with Gasteiger partial charge in [-0.1, -0.05) is 0 Å². The largest absolute Gasteiger partial charge is 0.352 e. The van der Waals surface area contributed by atoms with Crippen LogP contribution >= 0.6 is 0 Å². The number of amides is 1. The molecule has 3 rings (SSSR count). The molecule has 1 aromatic heterocycles. The van der Waals surface area contributed by atoms with E-state index in [2.05, 4.69) is 14.9 Å². The van der Waals surface area contributed by atoms with Gasteiger partial charge in [0.2, 0.25) is 5.91 Å². The fourth-order valence-corrected chi connectivity index (χ4v) is 3.46. The summed E-state index contributed by atoms with van der Waals surface area (Å²) >= 11 is 0. The van der Waals surface area contributed by atoms with Crippen molar-refractivity contribution in [3.63, 3.8) is 0 Å². The zero-order valence-corrected chi connectivity index (χ0v) is 13.5. The highest BCUT2D eigenvalue weighted by atomic mass is 16.2. The van der Waals surface area contributed by atoms with Crippen LogP contribution in [0.5, 0.6) is 0 Å². The van der Waals surface area contributed by atoms with Crippen molar-refractivity contribution in [2.24, 2.45) is 11.7 Å². The topological polar surface area (TPSA) is 75.4 Å². The number of aromatic nitrogens is 2. The Hall–Kier alpha value is -1.69. The Kier molecular flexibility index (Phi) is 4.29. The average molecular weight is 303 g/mol. The van der Waals surface area contributed by atoms with E-state index < -0.39 is 0 Å². The van der Waals surface area contributed by atoms with Gasteiger partial charge in [-0.2, -0.15) is 0 Å². The van der Waals surface area contributed by atoms with Crippen molar-refractivity contribution in [1.82, 2.24) is 14.9 Å². The van der Waals surface area contributed by atoms with Crippen LogP contribution in [0.2, 0.25) is 0 Å². The molecule has 2 heterocycles. The second-order valence-corrected chi connectivity index (χ2v) is 6.50. The molecule has 2 atom stereocenters. The van der Waals surface area contributed by atoms with Gasteiger partial charge < -0.3 is 15.5 Å². The molecule has 0 radical (unpaired) electrons. The molecule has 1 aromatic rings. The van der Waals surface area contributed by atoms with Crippen molar-refractivity contribution in [3.05, 3.63) is 17.6 Å². The lowest BCUT2D eigenvalue weighted by Gasteiger charge is -2.37. The van der Waals surface area contributed by atoms with E-state index in [-0.39, 0.29) is 12.0 Å². The van der Waals surface area contributed by atoms with Crippen molar-refractivity contribution in [1.29, 1.82) is 0 Å². The Labute approximate surface area is 131 Å². The number of carbonyl (C=O) groups excluding carboxylic acids is 1. The number of carbonyl (C=O) groups is 1. The Morgan fingerprint density at radius 2 is 1.95 bits per heavy atom. The van der Waals surface area contributed by atoms with Gasteiger partial charge in [-0.3, -0.25) is 9.78 Å². The lowest BCUT2D eigenvalue weighted by molar-refractivity contribution is -0.135. The van der Waals surface area contributed by atoms with Crippen molar-refractivity contribution >= 4 is 11.7 Å². The first-order valence-corrected chi connectivity index (χ1v) is 8.14. The summed E-state index contributed by atoms with van der Waals surface area (Å²) in [5, 5.41) is 0. The van der Waals surface area contributed by atoms with Gasteiger partial charge in [-0.25, -0.2) is 4.98 Å². The van der Waals surface area contributed by atoms with Crippen molar-refractivity contribution in [2.45, 2.75) is 39.2 Å². The fourth-order valence-electron chi connectivity index (χ4n) is 3.46. The molecule has 22 heavy (non-hydrogen) atoms. The van der Waals surface area contributed by atoms with Crippen LogP contribution in [-0.4, -0.2) is 53.0 Å². The summed E-state index contributed by atoms with van der Waals surface area (Å²) < 4.78 is 0. The number of rotatable bonds is 2. The summed E-state index contributed by atoms with van der Waals surface area (Å²) in [6.45, 7) is 7.12. The summed E-state index contributed by atoms with van der Waals surface area (Å²) in [7, 11) is 0. The van der Waals surface area contributed by atoms with Gasteiger partial charge >= 0.3 is 0 Å². The summed E-state index contributed by atoms with van der Waals surface area (Å²) in [5.74, 6) is 1.39. The van der Waals surface area contributed by atoms with Crippen LogP contribution < -0.4 is 10.6 Å². The van der Waals surface area contributed by atoms with Crippen LogP contribution in [0.15, 0.2) is 6.20 Å². The molecule has 120 valence electrons. The molecule has 1 saturated heterocycles. The zero-order chi connectivity index (χ0) is 15.7. The average Bonchev–Trinajstić information content (AvgIpc) is 2.96. The van der Waals surface area contributed by atoms with Crippen molar-refractivity contribution in [3.8, 4) is 0 Å². The molecule has 0 aromatic carbocycles. The fraction of sp³-hybridized carbons (Fsp3) is 0.688. The quantitative estimate of drug-likeness (QED) is 0.877. The van der Waals surface area contributed by atoms with Crippen LogP contribution in [0, 0.1) is 19.8 Å². The maximum Gasteiger partial charge on any atom is 0.225 e.